The number of aromatic amines is 1. The maximum absolute atomic E-state index is 12.1. The molecule has 2 N–H and O–H groups in total. The number of aryl methyl sites for hydroxylation is 1. The molecule has 0 bridgehead atoms. The van der Waals surface area contributed by atoms with Crippen LogP contribution in [0.2, 0.25) is 0 Å². The van der Waals surface area contributed by atoms with Gasteiger partial charge in [0.25, 0.3) is 11.3 Å². The third-order valence-corrected chi connectivity index (χ3v) is 3.53. The molecule has 7 nitrogen and oxygen atoms in total. The largest absolute Gasteiger partial charge is 0.496 e. The van der Waals surface area contributed by atoms with Crippen LogP contribution in [0, 0.1) is 0 Å². The van der Waals surface area contributed by atoms with Crippen LogP contribution in [-0.2, 0) is 13.0 Å². The summed E-state index contributed by atoms with van der Waals surface area (Å²) in [6.07, 6.45) is 1.70. The van der Waals surface area contributed by atoms with E-state index in [1.807, 2.05) is 31.2 Å². The van der Waals surface area contributed by atoms with Gasteiger partial charge in [-0.3, -0.25) is 9.89 Å². The minimum absolute atomic E-state index is 0.156. The fraction of sp³-hybridized carbons (Fsp3) is 0.312. The van der Waals surface area contributed by atoms with Crippen molar-refractivity contribution in [2.24, 2.45) is 0 Å². The summed E-state index contributed by atoms with van der Waals surface area (Å²) in [6, 6.07) is 9.28. The van der Waals surface area contributed by atoms with Gasteiger partial charge in [0.05, 0.1) is 12.8 Å². The first-order valence-corrected chi connectivity index (χ1v) is 7.55. The molecule has 0 amide bonds. The molecule has 0 fully saturated rings. The van der Waals surface area contributed by atoms with Crippen molar-refractivity contribution in [3.05, 3.63) is 51.9 Å². The maximum atomic E-state index is 12.1. The summed E-state index contributed by atoms with van der Waals surface area (Å²) in [5.41, 5.74) is 1.61. The third kappa shape index (κ3) is 3.18. The Morgan fingerprint density at radius 3 is 2.91 bits per heavy atom. The van der Waals surface area contributed by atoms with Crippen LogP contribution < -0.4 is 15.6 Å². The van der Waals surface area contributed by atoms with Gasteiger partial charge in [-0.2, -0.15) is 9.50 Å². The number of nitrogens with zero attached hydrogens (tertiary/aromatic N) is 3. The molecular formula is C16H19N5O2. The van der Waals surface area contributed by atoms with E-state index in [1.165, 1.54) is 4.52 Å². The number of ether oxygens (including phenoxy) is 1. The average molecular weight is 313 g/mol. The van der Waals surface area contributed by atoms with Gasteiger partial charge in [-0.05, 0) is 12.5 Å². The molecule has 0 radical (unpaired) electrons. The molecule has 0 saturated heterocycles. The Hall–Kier alpha value is -2.83. The number of aromatic nitrogens is 4. The molecule has 120 valence electrons. The minimum Gasteiger partial charge on any atom is -0.496 e. The zero-order valence-corrected chi connectivity index (χ0v) is 13.2. The van der Waals surface area contributed by atoms with Gasteiger partial charge in [-0.1, -0.05) is 31.5 Å². The van der Waals surface area contributed by atoms with E-state index in [-0.39, 0.29) is 5.56 Å². The average Bonchev–Trinajstić information content (AvgIpc) is 2.97. The summed E-state index contributed by atoms with van der Waals surface area (Å²) in [6.45, 7) is 2.58. The number of H-pyrrole nitrogens is 1. The standard InChI is InChI=1S/C16H19N5O2/c1-3-6-12-9-14(22)21-16(18-12)19-15(20-21)17-10-11-7-4-5-8-13(11)23-2/h4-5,7-9H,3,6,10H2,1-2H3,(H2,17,18,19,20). The summed E-state index contributed by atoms with van der Waals surface area (Å²) < 4.78 is 6.65. The second-order valence-electron chi connectivity index (χ2n) is 5.21. The Labute approximate surface area is 133 Å². The van der Waals surface area contributed by atoms with Crippen LogP contribution in [0.25, 0.3) is 5.78 Å². The van der Waals surface area contributed by atoms with Crippen molar-refractivity contribution in [1.29, 1.82) is 0 Å². The molecule has 0 atom stereocenters. The summed E-state index contributed by atoms with van der Waals surface area (Å²) >= 11 is 0. The first-order valence-electron chi connectivity index (χ1n) is 7.55. The molecule has 0 aliphatic rings. The highest BCUT2D eigenvalue weighted by atomic mass is 16.5. The lowest BCUT2D eigenvalue weighted by atomic mass is 10.2. The lowest BCUT2D eigenvalue weighted by Gasteiger charge is -2.08. The lowest BCUT2D eigenvalue weighted by molar-refractivity contribution is 0.410. The molecule has 3 rings (SSSR count). The van der Waals surface area contributed by atoms with Gasteiger partial charge in [0.1, 0.15) is 5.75 Å². The Kier molecular flexibility index (Phi) is 4.27. The van der Waals surface area contributed by atoms with Crippen LogP contribution in [0.3, 0.4) is 0 Å². The Morgan fingerprint density at radius 2 is 2.13 bits per heavy atom. The van der Waals surface area contributed by atoms with Crippen LogP contribution in [-0.4, -0.2) is 26.7 Å². The van der Waals surface area contributed by atoms with Crippen LogP contribution in [0.5, 0.6) is 5.75 Å². The molecule has 2 aromatic heterocycles. The van der Waals surface area contributed by atoms with Crippen LogP contribution >= 0.6 is 0 Å². The number of rotatable bonds is 6. The van der Waals surface area contributed by atoms with Crippen LogP contribution in [0.4, 0.5) is 5.95 Å². The lowest BCUT2D eigenvalue weighted by Crippen LogP contribution is -2.15. The van der Waals surface area contributed by atoms with E-state index in [1.54, 1.807) is 13.2 Å². The molecule has 0 spiro atoms. The predicted octanol–water partition coefficient (Wildman–Crippen LogP) is 1.99. The SMILES string of the molecule is CCCc1cc(=O)n2[nH]c(NCc3ccccc3OC)nc2n1. The smallest absolute Gasteiger partial charge is 0.274 e. The predicted molar refractivity (Wildman–Crippen MR) is 87.9 cm³/mol. The highest BCUT2D eigenvalue weighted by Gasteiger charge is 2.08. The third-order valence-electron chi connectivity index (χ3n) is 3.53. The maximum Gasteiger partial charge on any atom is 0.274 e. The van der Waals surface area contributed by atoms with Crippen molar-refractivity contribution < 1.29 is 4.74 Å². The highest BCUT2D eigenvalue weighted by molar-refractivity contribution is 5.40. The van der Waals surface area contributed by atoms with E-state index < -0.39 is 0 Å². The van der Waals surface area contributed by atoms with Crippen molar-refractivity contribution in [2.45, 2.75) is 26.3 Å². The van der Waals surface area contributed by atoms with E-state index in [2.05, 4.69) is 20.4 Å². The van der Waals surface area contributed by atoms with Gasteiger partial charge in [-0.15, -0.1) is 0 Å². The second-order valence-corrected chi connectivity index (χ2v) is 5.21. The highest BCUT2D eigenvalue weighted by Crippen LogP contribution is 2.18. The monoisotopic (exact) mass is 313 g/mol. The topological polar surface area (TPSA) is 84.3 Å². The van der Waals surface area contributed by atoms with E-state index in [4.69, 9.17) is 4.74 Å². The molecule has 1 aromatic carbocycles. The van der Waals surface area contributed by atoms with E-state index in [0.29, 0.717) is 18.3 Å². The first kappa shape index (κ1) is 15.1. The fourth-order valence-electron chi connectivity index (χ4n) is 2.42. The minimum atomic E-state index is -0.156. The van der Waals surface area contributed by atoms with E-state index in [9.17, 15) is 4.79 Å². The van der Waals surface area contributed by atoms with Gasteiger partial charge < -0.3 is 10.1 Å². The second kappa shape index (κ2) is 6.51. The Morgan fingerprint density at radius 1 is 1.30 bits per heavy atom. The van der Waals surface area contributed by atoms with Gasteiger partial charge in [0.15, 0.2) is 0 Å². The summed E-state index contributed by atoms with van der Waals surface area (Å²) in [5.74, 6) is 1.68. The molecule has 23 heavy (non-hydrogen) atoms. The van der Waals surface area contributed by atoms with Crippen molar-refractivity contribution in [3.8, 4) is 5.75 Å². The zero-order chi connectivity index (χ0) is 16.2. The number of fused-ring (bicyclic) bond motifs is 1. The molecule has 0 aliphatic carbocycles. The van der Waals surface area contributed by atoms with Gasteiger partial charge in [-0.25, -0.2) is 4.98 Å². The quantitative estimate of drug-likeness (QED) is 0.727. The van der Waals surface area contributed by atoms with Crippen molar-refractivity contribution >= 4 is 11.7 Å². The summed E-state index contributed by atoms with van der Waals surface area (Å²) in [5, 5.41) is 6.08. The number of anilines is 1. The van der Waals surface area contributed by atoms with E-state index >= 15 is 0 Å². The summed E-state index contributed by atoms with van der Waals surface area (Å²) in [4.78, 5) is 20.8. The van der Waals surface area contributed by atoms with Gasteiger partial charge in [0, 0.05) is 18.2 Å². The first-order chi connectivity index (χ1) is 11.2. The molecule has 0 saturated carbocycles. The molecule has 0 aliphatic heterocycles. The fourth-order valence-corrected chi connectivity index (χ4v) is 2.42. The van der Waals surface area contributed by atoms with Crippen LogP contribution in [0.1, 0.15) is 24.6 Å². The van der Waals surface area contributed by atoms with Crippen molar-refractivity contribution in [1.82, 2.24) is 19.6 Å². The number of benzene rings is 1. The van der Waals surface area contributed by atoms with Crippen molar-refractivity contribution in [3.63, 3.8) is 0 Å². The van der Waals surface area contributed by atoms with Gasteiger partial charge in [0.2, 0.25) is 5.95 Å². The molecule has 2 heterocycles. The number of hydrogen-bond donors (Lipinski definition) is 2. The normalized spacial score (nSPS) is 10.9. The molecule has 7 heteroatoms. The molecule has 0 unspecified atom stereocenters. The molecule has 3 aromatic rings. The zero-order valence-electron chi connectivity index (χ0n) is 13.2. The van der Waals surface area contributed by atoms with Gasteiger partial charge >= 0.3 is 0 Å². The summed E-state index contributed by atoms with van der Waals surface area (Å²) in [7, 11) is 1.64. The number of nitrogens with one attached hydrogen (secondary N) is 2. The molecular weight excluding hydrogens is 294 g/mol. The number of para-hydroxylation sites is 1. The Balaban J connectivity index is 1.83. The number of hydrogen-bond acceptors (Lipinski definition) is 5. The Bertz CT molecular complexity index is 868. The number of methoxy groups -OCH3 is 1. The van der Waals surface area contributed by atoms with Crippen molar-refractivity contribution in [2.75, 3.05) is 12.4 Å². The van der Waals surface area contributed by atoms with Crippen LogP contribution in [0.15, 0.2) is 35.1 Å². The van der Waals surface area contributed by atoms with E-state index in [0.717, 1.165) is 29.8 Å².